The maximum absolute atomic E-state index is 12.5. The number of hydrogen-bond acceptors (Lipinski definition) is 3. The molecule has 2 atom stereocenters. The summed E-state index contributed by atoms with van der Waals surface area (Å²) < 4.78 is 5.35. The minimum Gasteiger partial charge on any atom is -0.497 e. The molecule has 1 aromatic rings. The summed E-state index contributed by atoms with van der Waals surface area (Å²) in [5.41, 5.74) is 1.27. The lowest BCUT2D eigenvalue weighted by atomic mass is 9.98. The van der Waals surface area contributed by atoms with Gasteiger partial charge in [-0.3, -0.25) is 9.69 Å². The lowest BCUT2D eigenvalue weighted by molar-refractivity contribution is -0.126. The molecule has 1 saturated carbocycles. The average Bonchev–Trinajstić information content (AvgIpc) is 3.06. The molecule has 1 amide bonds. The maximum Gasteiger partial charge on any atom is 0.224 e. The number of nitrogens with one attached hydrogen (secondary N) is 1. The Kier molecular flexibility index (Phi) is 5.55. The number of methoxy groups -OCH3 is 1. The summed E-state index contributed by atoms with van der Waals surface area (Å²) in [6, 6.07) is 8.69. The van der Waals surface area contributed by atoms with Crippen LogP contribution in [0.1, 0.15) is 44.1 Å². The third-order valence-corrected chi connectivity index (χ3v) is 5.23. The Hall–Kier alpha value is -1.55. The van der Waals surface area contributed by atoms with Gasteiger partial charge in [0.05, 0.1) is 13.0 Å². The van der Waals surface area contributed by atoms with Gasteiger partial charge < -0.3 is 10.1 Å². The van der Waals surface area contributed by atoms with Crippen molar-refractivity contribution >= 4 is 5.91 Å². The second-order valence-electron chi connectivity index (χ2n) is 6.78. The molecule has 23 heavy (non-hydrogen) atoms. The van der Waals surface area contributed by atoms with E-state index < -0.39 is 0 Å². The van der Waals surface area contributed by atoms with Gasteiger partial charge in [0.15, 0.2) is 0 Å². The Balaban J connectivity index is 1.76. The normalized spacial score (nSPS) is 26.4. The summed E-state index contributed by atoms with van der Waals surface area (Å²) >= 11 is 0. The topological polar surface area (TPSA) is 41.6 Å². The summed E-state index contributed by atoms with van der Waals surface area (Å²) in [7, 11) is 1.71. The second kappa shape index (κ2) is 7.82. The molecular formula is C19H28N2O2. The van der Waals surface area contributed by atoms with E-state index in [1.807, 2.05) is 12.1 Å². The van der Waals surface area contributed by atoms with Gasteiger partial charge in [-0.05, 0) is 49.9 Å². The van der Waals surface area contributed by atoms with Gasteiger partial charge in [0.25, 0.3) is 0 Å². The Morgan fingerprint density at radius 3 is 3.00 bits per heavy atom. The maximum atomic E-state index is 12.5. The fourth-order valence-electron chi connectivity index (χ4n) is 4.01. The first kappa shape index (κ1) is 16.3. The predicted octanol–water partition coefficient (Wildman–Crippen LogP) is 2.97. The van der Waals surface area contributed by atoms with Gasteiger partial charge in [0, 0.05) is 19.1 Å². The summed E-state index contributed by atoms with van der Waals surface area (Å²) in [6.07, 6.45) is 6.83. The molecule has 0 bridgehead atoms. The van der Waals surface area contributed by atoms with E-state index in [2.05, 4.69) is 22.3 Å². The van der Waals surface area contributed by atoms with Crippen molar-refractivity contribution in [2.24, 2.45) is 5.92 Å². The van der Waals surface area contributed by atoms with Crippen LogP contribution in [0.15, 0.2) is 24.3 Å². The van der Waals surface area contributed by atoms with Crippen molar-refractivity contribution in [2.75, 3.05) is 20.2 Å². The van der Waals surface area contributed by atoms with Crippen LogP contribution in [0.5, 0.6) is 5.75 Å². The van der Waals surface area contributed by atoms with Crippen molar-refractivity contribution < 1.29 is 9.53 Å². The van der Waals surface area contributed by atoms with Gasteiger partial charge >= 0.3 is 0 Å². The van der Waals surface area contributed by atoms with Gasteiger partial charge in [0.1, 0.15) is 5.75 Å². The van der Waals surface area contributed by atoms with E-state index >= 15 is 0 Å². The van der Waals surface area contributed by atoms with Crippen molar-refractivity contribution in [3.8, 4) is 5.75 Å². The van der Waals surface area contributed by atoms with Crippen LogP contribution in [0.3, 0.4) is 0 Å². The third-order valence-electron chi connectivity index (χ3n) is 5.23. The lowest BCUT2D eigenvalue weighted by Gasteiger charge is -2.33. The summed E-state index contributed by atoms with van der Waals surface area (Å²) in [6.45, 7) is 2.84. The van der Waals surface area contributed by atoms with Crippen molar-refractivity contribution in [3.63, 3.8) is 0 Å². The molecule has 126 valence electrons. The number of carbonyl (C=O) groups excluding carboxylic acids is 1. The minimum atomic E-state index is 0.165. The van der Waals surface area contributed by atoms with Crippen LogP contribution in [-0.2, 0) is 11.3 Å². The van der Waals surface area contributed by atoms with E-state index in [4.69, 9.17) is 4.74 Å². The lowest BCUT2D eigenvalue weighted by Crippen LogP contribution is -2.45. The number of amides is 1. The number of ether oxygens (including phenoxy) is 1. The van der Waals surface area contributed by atoms with Crippen LogP contribution in [0.25, 0.3) is 0 Å². The summed E-state index contributed by atoms with van der Waals surface area (Å²) in [5.74, 6) is 1.34. The summed E-state index contributed by atoms with van der Waals surface area (Å²) in [5, 5.41) is 3.14. The number of rotatable bonds is 3. The van der Waals surface area contributed by atoms with Crippen LogP contribution in [-0.4, -0.2) is 37.0 Å². The Bertz CT molecular complexity index is 532. The smallest absolute Gasteiger partial charge is 0.224 e. The molecule has 0 spiro atoms. The fraction of sp³-hybridized carbons (Fsp3) is 0.632. The quantitative estimate of drug-likeness (QED) is 0.932. The first-order valence-electron chi connectivity index (χ1n) is 8.92. The van der Waals surface area contributed by atoms with Crippen molar-refractivity contribution in [1.29, 1.82) is 0 Å². The highest BCUT2D eigenvalue weighted by molar-refractivity contribution is 5.79. The highest BCUT2D eigenvalue weighted by atomic mass is 16.5. The van der Waals surface area contributed by atoms with Crippen LogP contribution in [0.4, 0.5) is 0 Å². The minimum absolute atomic E-state index is 0.165. The van der Waals surface area contributed by atoms with Gasteiger partial charge in [0.2, 0.25) is 5.91 Å². The van der Waals surface area contributed by atoms with Gasteiger partial charge in [-0.1, -0.05) is 25.0 Å². The third kappa shape index (κ3) is 4.05. The Morgan fingerprint density at radius 2 is 2.13 bits per heavy atom. The van der Waals surface area contributed by atoms with Crippen LogP contribution >= 0.6 is 0 Å². The number of nitrogens with zero attached hydrogens (tertiary/aromatic N) is 1. The van der Waals surface area contributed by atoms with E-state index in [0.717, 1.165) is 51.1 Å². The molecule has 0 radical (unpaired) electrons. The van der Waals surface area contributed by atoms with Crippen molar-refractivity contribution in [1.82, 2.24) is 10.2 Å². The number of benzene rings is 1. The highest BCUT2D eigenvalue weighted by Crippen LogP contribution is 2.32. The van der Waals surface area contributed by atoms with E-state index in [1.165, 1.54) is 18.4 Å². The molecule has 1 aliphatic heterocycles. The largest absolute Gasteiger partial charge is 0.497 e. The molecule has 1 heterocycles. The molecule has 4 nitrogen and oxygen atoms in total. The standard InChI is InChI=1S/C19H28N2O2/c1-23-16-8-5-7-15(13-16)14-21-12-4-2-3-11-20-19(22)17-9-6-10-18(17)21/h5,7-8,13,17-18H,2-4,6,9-12,14H2,1H3,(H,20,22). The predicted molar refractivity (Wildman–Crippen MR) is 91.4 cm³/mol. The van der Waals surface area contributed by atoms with Crippen LogP contribution in [0.2, 0.25) is 0 Å². The zero-order chi connectivity index (χ0) is 16.1. The van der Waals surface area contributed by atoms with Crippen LogP contribution in [0, 0.1) is 5.92 Å². The first-order valence-corrected chi connectivity index (χ1v) is 8.92. The van der Waals surface area contributed by atoms with Gasteiger partial charge in [-0.15, -0.1) is 0 Å². The first-order chi connectivity index (χ1) is 11.3. The molecule has 1 aliphatic carbocycles. The SMILES string of the molecule is COc1cccc(CN2CCCCCNC(=O)C3CCCC32)c1. The van der Waals surface area contributed by atoms with Gasteiger partial charge in [-0.2, -0.15) is 0 Å². The molecule has 0 aromatic heterocycles. The fourth-order valence-corrected chi connectivity index (χ4v) is 4.01. The van der Waals surface area contributed by atoms with E-state index in [0.29, 0.717) is 6.04 Å². The van der Waals surface area contributed by atoms with Crippen molar-refractivity contribution in [2.45, 2.75) is 51.1 Å². The molecule has 2 unspecified atom stereocenters. The van der Waals surface area contributed by atoms with E-state index in [9.17, 15) is 4.79 Å². The Labute approximate surface area is 139 Å². The summed E-state index contributed by atoms with van der Waals surface area (Å²) in [4.78, 5) is 15.0. The van der Waals surface area contributed by atoms with E-state index in [1.54, 1.807) is 7.11 Å². The number of fused-ring (bicyclic) bond motifs is 1. The average molecular weight is 316 g/mol. The van der Waals surface area contributed by atoms with Crippen LogP contribution < -0.4 is 10.1 Å². The molecule has 1 aromatic carbocycles. The zero-order valence-corrected chi connectivity index (χ0v) is 14.1. The molecular weight excluding hydrogens is 288 g/mol. The number of carbonyl (C=O) groups is 1. The highest BCUT2D eigenvalue weighted by Gasteiger charge is 2.36. The number of hydrogen-bond donors (Lipinski definition) is 1. The van der Waals surface area contributed by atoms with E-state index in [-0.39, 0.29) is 11.8 Å². The molecule has 1 N–H and O–H groups in total. The molecule has 4 heteroatoms. The van der Waals surface area contributed by atoms with Gasteiger partial charge in [-0.25, -0.2) is 0 Å². The second-order valence-corrected chi connectivity index (χ2v) is 6.78. The zero-order valence-electron chi connectivity index (χ0n) is 14.1. The molecule has 2 aliphatic rings. The monoisotopic (exact) mass is 316 g/mol. The Morgan fingerprint density at radius 1 is 1.22 bits per heavy atom. The molecule has 1 saturated heterocycles. The molecule has 3 rings (SSSR count). The van der Waals surface area contributed by atoms with Crippen molar-refractivity contribution in [3.05, 3.63) is 29.8 Å². The molecule has 2 fully saturated rings.